The first-order valence-electron chi connectivity index (χ1n) is 13.3. The molecular formula is C29H32Cl2N6O4. The zero-order chi connectivity index (χ0) is 29.3. The summed E-state index contributed by atoms with van der Waals surface area (Å²) in [4.78, 5) is 35.4. The molecule has 2 atom stereocenters. The third-order valence-electron chi connectivity index (χ3n) is 7.41. The van der Waals surface area contributed by atoms with Gasteiger partial charge in [-0.3, -0.25) is 9.59 Å². The molecule has 2 aliphatic rings. The molecule has 216 valence electrons. The SMILES string of the molecule is C=CC(=O)N[C@H]1CN(C(C)=O)C[C@H]1Nc1cc2c(NCC3CC3)nc(-c3c(Cl)c(OC)cc(OC)c3Cl)cc2cn1. The molecule has 1 aromatic carbocycles. The maximum atomic E-state index is 12.1. The van der Waals surface area contributed by atoms with Crippen LogP contribution in [0.1, 0.15) is 19.8 Å². The average molecular weight is 600 g/mol. The van der Waals surface area contributed by atoms with Gasteiger partial charge in [0.05, 0.1) is 42.0 Å². The van der Waals surface area contributed by atoms with Crippen molar-refractivity contribution in [3.05, 3.63) is 47.1 Å². The fourth-order valence-corrected chi connectivity index (χ4v) is 5.64. The van der Waals surface area contributed by atoms with Crippen molar-refractivity contribution in [2.75, 3.05) is 44.5 Å². The minimum atomic E-state index is -0.304. The highest BCUT2D eigenvalue weighted by molar-refractivity contribution is 6.41. The molecule has 2 amide bonds. The van der Waals surface area contributed by atoms with Gasteiger partial charge in [0.1, 0.15) is 23.1 Å². The van der Waals surface area contributed by atoms with Crippen LogP contribution in [-0.2, 0) is 9.59 Å². The van der Waals surface area contributed by atoms with Gasteiger partial charge in [-0.05, 0) is 37.0 Å². The summed E-state index contributed by atoms with van der Waals surface area (Å²) < 4.78 is 10.9. The van der Waals surface area contributed by atoms with E-state index in [4.69, 9.17) is 37.7 Å². The largest absolute Gasteiger partial charge is 0.495 e. The molecule has 5 rings (SSSR count). The second-order valence-electron chi connectivity index (χ2n) is 10.2. The Labute approximate surface area is 248 Å². The van der Waals surface area contributed by atoms with Crippen molar-refractivity contribution in [3.63, 3.8) is 0 Å². The molecule has 10 nitrogen and oxygen atoms in total. The second-order valence-corrected chi connectivity index (χ2v) is 11.0. The quantitative estimate of drug-likeness (QED) is 0.286. The number of halogens is 2. The summed E-state index contributed by atoms with van der Waals surface area (Å²) in [7, 11) is 3.06. The number of pyridine rings is 2. The number of amides is 2. The number of likely N-dealkylation sites (tertiary alicyclic amines) is 1. The van der Waals surface area contributed by atoms with E-state index in [0.717, 1.165) is 17.3 Å². The summed E-state index contributed by atoms with van der Waals surface area (Å²) in [6.07, 6.45) is 5.32. The van der Waals surface area contributed by atoms with Gasteiger partial charge in [-0.1, -0.05) is 29.8 Å². The average Bonchev–Trinajstić information content (AvgIpc) is 3.71. The van der Waals surface area contributed by atoms with Crippen LogP contribution in [0.2, 0.25) is 10.0 Å². The topological polar surface area (TPSA) is 118 Å². The lowest BCUT2D eigenvalue weighted by atomic mass is 10.1. The third-order valence-corrected chi connectivity index (χ3v) is 8.16. The van der Waals surface area contributed by atoms with Crippen molar-refractivity contribution in [3.8, 4) is 22.8 Å². The summed E-state index contributed by atoms with van der Waals surface area (Å²) in [5.41, 5.74) is 1.05. The lowest BCUT2D eigenvalue weighted by molar-refractivity contribution is -0.128. The Morgan fingerprint density at radius 1 is 1.10 bits per heavy atom. The number of methoxy groups -OCH3 is 2. The van der Waals surface area contributed by atoms with E-state index >= 15 is 0 Å². The van der Waals surface area contributed by atoms with Gasteiger partial charge in [0.15, 0.2) is 0 Å². The van der Waals surface area contributed by atoms with Crippen LogP contribution in [-0.4, -0.2) is 72.6 Å². The number of nitrogens with one attached hydrogen (secondary N) is 3. The molecule has 3 aromatic rings. The summed E-state index contributed by atoms with van der Waals surface area (Å²) in [5.74, 6) is 2.34. The number of fused-ring (bicyclic) bond motifs is 1. The number of hydrogen-bond donors (Lipinski definition) is 3. The monoisotopic (exact) mass is 598 g/mol. The fourth-order valence-electron chi connectivity index (χ4n) is 4.95. The fraction of sp³-hybridized carbons (Fsp3) is 0.379. The van der Waals surface area contributed by atoms with E-state index in [0.29, 0.717) is 63.4 Å². The first kappa shape index (κ1) is 28.8. The van der Waals surface area contributed by atoms with E-state index in [2.05, 4.69) is 27.5 Å². The molecule has 0 spiro atoms. The molecule has 2 fully saturated rings. The number of aromatic nitrogens is 2. The number of nitrogens with zero attached hydrogens (tertiary/aromatic N) is 3. The van der Waals surface area contributed by atoms with Crippen molar-refractivity contribution in [1.29, 1.82) is 0 Å². The van der Waals surface area contributed by atoms with Gasteiger partial charge in [-0.15, -0.1) is 0 Å². The molecule has 0 unspecified atom stereocenters. The maximum absolute atomic E-state index is 12.1. The summed E-state index contributed by atoms with van der Waals surface area (Å²) in [6, 6.07) is 4.88. The van der Waals surface area contributed by atoms with Crippen LogP contribution in [0.15, 0.2) is 37.1 Å². The van der Waals surface area contributed by atoms with E-state index in [1.54, 1.807) is 17.2 Å². The van der Waals surface area contributed by atoms with Crippen molar-refractivity contribution < 1.29 is 19.1 Å². The number of benzene rings is 1. The zero-order valence-corrected chi connectivity index (χ0v) is 24.6. The van der Waals surface area contributed by atoms with Crippen LogP contribution in [0, 0.1) is 5.92 Å². The number of carbonyl (C=O) groups excluding carboxylic acids is 2. The molecule has 12 heteroatoms. The maximum Gasteiger partial charge on any atom is 0.243 e. The van der Waals surface area contributed by atoms with Crippen LogP contribution >= 0.6 is 23.2 Å². The first-order valence-corrected chi connectivity index (χ1v) is 14.1. The number of anilines is 2. The van der Waals surface area contributed by atoms with Gasteiger partial charge in [0.2, 0.25) is 11.8 Å². The van der Waals surface area contributed by atoms with Crippen molar-refractivity contribution in [1.82, 2.24) is 20.2 Å². The molecule has 1 aliphatic carbocycles. The van der Waals surface area contributed by atoms with Crippen molar-refractivity contribution in [2.24, 2.45) is 5.92 Å². The van der Waals surface area contributed by atoms with Gasteiger partial charge in [-0.2, -0.15) is 0 Å². The van der Waals surface area contributed by atoms with Crippen molar-refractivity contribution in [2.45, 2.75) is 31.8 Å². The minimum absolute atomic E-state index is 0.0617. The third kappa shape index (κ3) is 6.13. The highest BCUT2D eigenvalue weighted by atomic mass is 35.5. The highest BCUT2D eigenvalue weighted by Gasteiger charge is 2.35. The lowest BCUT2D eigenvalue weighted by Gasteiger charge is -2.21. The zero-order valence-electron chi connectivity index (χ0n) is 23.1. The van der Waals surface area contributed by atoms with E-state index in [9.17, 15) is 9.59 Å². The normalized spacial score (nSPS) is 18.2. The molecule has 3 heterocycles. The Kier molecular flexibility index (Phi) is 8.42. The van der Waals surface area contributed by atoms with Crippen LogP contribution < -0.4 is 25.4 Å². The standard InChI is InChI=1S/C29H32Cl2N6O4/c1-5-25(39)35-21-14-37(15(2)38)13-20(21)34-24-9-18-17(12-32-24)8-19(36-29(18)33-11-16-6-7-16)26-27(30)22(40-3)10-23(41-4)28(26)31/h5,8-10,12,16,20-21H,1,6-7,11,13-14H2,2-4H3,(H,32,34)(H,33,36)(H,35,39)/t20-,21+/m1/s1. The lowest BCUT2D eigenvalue weighted by Crippen LogP contribution is -2.45. The number of hydrogen-bond acceptors (Lipinski definition) is 8. The molecule has 1 saturated heterocycles. The molecule has 0 radical (unpaired) electrons. The Morgan fingerprint density at radius 2 is 1.78 bits per heavy atom. The molecule has 1 aliphatic heterocycles. The van der Waals surface area contributed by atoms with E-state index in [1.165, 1.54) is 40.1 Å². The molecule has 2 aromatic heterocycles. The minimum Gasteiger partial charge on any atom is -0.495 e. The molecule has 0 bridgehead atoms. The predicted molar refractivity (Wildman–Crippen MR) is 161 cm³/mol. The highest BCUT2D eigenvalue weighted by Crippen LogP contribution is 2.46. The molecule has 41 heavy (non-hydrogen) atoms. The Hall–Kier alpha value is -3.76. The van der Waals surface area contributed by atoms with Crippen molar-refractivity contribution >= 4 is 57.4 Å². The number of carbonyl (C=O) groups is 2. The number of rotatable bonds is 10. The van der Waals surface area contributed by atoms with E-state index < -0.39 is 0 Å². The van der Waals surface area contributed by atoms with Crippen LogP contribution in [0.4, 0.5) is 11.6 Å². The Bertz CT molecular complexity index is 1480. The first-order chi connectivity index (χ1) is 19.7. The molecular weight excluding hydrogens is 567 g/mol. The van der Waals surface area contributed by atoms with Gasteiger partial charge in [0, 0.05) is 55.2 Å². The predicted octanol–water partition coefficient (Wildman–Crippen LogP) is 4.76. The van der Waals surface area contributed by atoms with E-state index in [-0.39, 0.29) is 23.9 Å². The number of ether oxygens (including phenoxy) is 2. The van der Waals surface area contributed by atoms with Crippen LogP contribution in [0.25, 0.3) is 22.0 Å². The van der Waals surface area contributed by atoms with Gasteiger partial charge < -0.3 is 30.3 Å². The smallest absolute Gasteiger partial charge is 0.243 e. The summed E-state index contributed by atoms with van der Waals surface area (Å²) in [6.45, 7) is 6.65. The van der Waals surface area contributed by atoms with Gasteiger partial charge in [0.25, 0.3) is 0 Å². The Morgan fingerprint density at radius 3 is 2.39 bits per heavy atom. The molecule has 3 N–H and O–H groups in total. The van der Waals surface area contributed by atoms with Crippen LogP contribution in [0.3, 0.4) is 0 Å². The van der Waals surface area contributed by atoms with E-state index in [1.807, 2.05) is 12.1 Å². The summed E-state index contributed by atoms with van der Waals surface area (Å²) in [5, 5.41) is 12.2. The van der Waals surface area contributed by atoms with Gasteiger partial charge >= 0.3 is 0 Å². The molecule has 1 saturated carbocycles. The second kappa shape index (κ2) is 12.0. The Balaban J connectivity index is 1.54. The van der Waals surface area contributed by atoms with Crippen LogP contribution in [0.5, 0.6) is 11.5 Å². The summed E-state index contributed by atoms with van der Waals surface area (Å²) >= 11 is 13.4. The van der Waals surface area contributed by atoms with Gasteiger partial charge in [-0.25, -0.2) is 9.97 Å².